The normalized spacial score (nSPS) is 12.8. The monoisotopic (exact) mass is 368 g/mol. The number of nitrogens with one attached hydrogen (secondary N) is 2. The molecule has 2 N–H and O–H groups in total. The summed E-state index contributed by atoms with van der Waals surface area (Å²) in [6, 6.07) is 10.4. The van der Waals surface area contributed by atoms with E-state index in [9.17, 15) is 0 Å². The van der Waals surface area contributed by atoms with Gasteiger partial charge in [0.25, 0.3) is 0 Å². The molecule has 0 saturated heterocycles. The smallest absolute Gasteiger partial charge is 0.191 e. The van der Waals surface area contributed by atoms with E-state index in [1.807, 2.05) is 35.3 Å². The Morgan fingerprint density at radius 2 is 2.23 bits per heavy atom. The standard InChI is InChI=1S/C19H24N6S/c1-4-17-12-21-18(26-17)13-22-19(20-3)24-14(2)15-7-5-8-16(11-15)25-10-6-9-23-25/h5-12,14H,4,13H2,1-3H3,(H2,20,22,24). The number of hydrogen-bond acceptors (Lipinski definition) is 4. The Labute approximate surface area is 158 Å². The van der Waals surface area contributed by atoms with Gasteiger partial charge in [0.1, 0.15) is 5.01 Å². The van der Waals surface area contributed by atoms with E-state index in [1.54, 1.807) is 24.6 Å². The summed E-state index contributed by atoms with van der Waals surface area (Å²) in [6.07, 6.45) is 6.69. The highest BCUT2D eigenvalue weighted by molar-refractivity contribution is 7.11. The molecular weight excluding hydrogens is 344 g/mol. The molecule has 26 heavy (non-hydrogen) atoms. The van der Waals surface area contributed by atoms with Gasteiger partial charge in [-0.15, -0.1) is 11.3 Å². The van der Waals surface area contributed by atoms with Gasteiger partial charge in [-0.3, -0.25) is 4.99 Å². The molecule has 0 radical (unpaired) electrons. The minimum atomic E-state index is 0.110. The largest absolute Gasteiger partial charge is 0.350 e. The van der Waals surface area contributed by atoms with Crippen molar-refractivity contribution in [2.24, 2.45) is 4.99 Å². The van der Waals surface area contributed by atoms with Crippen molar-refractivity contribution in [3.05, 3.63) is 64.4 Å². The van der Waals surface area contributed by atoms with E-state index < -0.39 is 0 Å². The first-order valence-electron chi connectivity index (χ1n) is 8.70. The molecule has 136 valence electrons. The van der Waals surface area contributed by atoms with Gasteiger partial charge >= 0.3 is 0 Å². The molecule has 0 amide bonds. The maximum Gasteiger partial charge on any atom is 0.191 e. The summed E-state index contributed by atoms with van der Waals surface area (Å²) in [5.74, 6) is 0.759. The molecule has 1 unspecified atom stereocenters. The number of aryl methyl sites for hydroxylation is 1. The second-order valence-corrected chi connectivity index (χ2v) is 7.11. The molecule has 3 rings (SSSR count). The summed E-state index contributed by atoms with van der Waals surface area (Å²) < 4.78 is 1.86. The Bertz CT molecular complexity index is 853. The molecule has 2 heterocycles. The van der Waals surface area contributed by atoms with Gasteiger partial charge in [-0.1, -0.05) is 19.1 Å². The summed E-state index contributed by atoms with van der Waals surface area (Å²) in [4.78, 5) is 10.1. The quantitative estimate of drug-likeness (QED) is 0.517. The fraction of sp³-hybridized carbons (Fsp3) is 0.316. The van der Waals surface area contributed by atoms with Crippen LogP contribution in [0, 0.1) is 0 Å². The fourth-order valence-electron chi connectivity index (χ4n) is 2.59. The third-order valence-electron chi connectivity index (χ3n) is 4.07. The van der Waals surface area contributed by atoms with Crippen LogP contribution in [0.5, 0.6) is 0 Å². The number of rotatable bonds is 6. The number of thiazole rings is 1. The van der Waals surface area contributed by atoms with Crippen LogP contribution >= 0.6 is 11.3 Å². The van der Waals surface area contributed by atoms with Crippen molar-refractivity contribution >= 4 is 17.3 Å². The molecule has 1 atom stereocenters. The molecule has 0 bridgehead atoms. The number of aliphatic imine (C=N–C) groups is 1. The van der Waals surface area contributed by atoms with Crippen molar-refractivity contribution in [1.29, 1.82) is 0 Å². The number of benzene rings is 1. The van der Waals surface area contributed by atoms with Crippen LogP contribution in [0.3, 0.4) is 0 Å². The van der Waals surface area contributed by atoms with Crippen molar-refractivity contribution in [3.63, 3.8) is 0 Å². The van der Waals surface area contributed by atoms with E-state index >= 15 is 0 Å². The summed E-state index contributed by atoms with van der Waals surface area (Å²) in [7, 11) is 1.78. The van der Waals surface area contributed by atoms with Crippen LogP contribution in [0.25, 0.3) is 5.69 Å². The maximum atomic E-state index is 4.43. The highest BCUT2D eigenvalue weighted by Gasteiger charge is 2.10. The molecule has 0 aliphatic heterocycles. The Morgan fingerprint density at radius 3 is 2.92 bits per heavy atom. The third-order valence-corrected chi connectivity index (χ3v) is 5.21. The second kappa shape index (κ2) is 8.62. The summed E-state index contributed by atoms with van der Waals surface area (Å²) in [6.45, 7) is 4.93. The van der Waals surface area contributed by atoms with Crippen molar-refractivity contribution in [2.75, 3.05) is 7.05 Å². The Hall–Kier alpha value is -2.67. The van der Waals surface area contributed by atoms with Crippen LogP contribution in [-0.4, -0.2) is 27.8 Å². The topological polar surface area (TPSA) is 67.1 Å². The summed E-state index contributed by atoms with van der Waals surface area (Å²) >= 11 is 1.73. The SMILES string of the molecule is CCc1cnc(CNC(=NC)NC(C)c2cccc(-n3cccn3)c2)s1. The first-order chi connectivity index (χ1) is 12.7. The van der Waals surface area contributed by atoms with Crippen LogP contribution in [0.15, 0.2) is 53.9 Å². The molecule has 6 nitrogen and oxygen atoms in total. The molecule has 0 spiro atoms. The lowest BCUT2D eigenvalue weighted by Crippen LogP contribution is -2.38. The van der Waals surface area contributed by atoms with Crippen molar-refractivity contribution in [3.8, 4) is 5.69 Å². The van der Waals surface area contributed by atoms with Gasteiger partial charge in [-0.2, -0.15) is 5.10 Å². The van der Waals surface area contributed by atoms with E-state index in [4.69, 9.17) is 0 Å². The molecule has 0 saturated carbocycles. The molecule has 0 aliphatic carbocycles. The minimum absolute atomic E-state index is 0.110. The molecule has 0 aliphatic rings. The average Bonchev–Trinajstić information content (AvgIpc) is 3.36. The number of hydrogen-bond donors (Lipinski definition) is 2. The minimum Gasteiger partial charge on any atom is -0.350 e. The lowest BCUT2D eigenvalue weighted by atomic mass is 10.1. The predicted octanol–water partition coefficient (Wildman–Crippen LogP) is 3.32. The number of guanidine groups is 1. The van der Waals surface area contributed by atoms with Crippen LogP contribution in [0.2, 0.25) is 0 Å². The van der Waals surface area contributed by atoms with Gasteiger partial charge in [-0.05, 0) is 37.1 Å². The first kappa shape index (κ1) is 18.1. The Kier molecular flexibility index (Phi) is 6.01. The Balaban J connectivity index is 1.62. The van der Waals surface area contributed by atoms with E-state index in [0.29, 0.717) is 6.54 Å². The van der Waals surface area contributed by atoms with Gasteiger partial charge in [-0.25, -0.2) is 9.67 Å². The molecule has 7 heteroatoms. The van der Waals surface area contributed by atoms with Gasteiger partial charge < -0.3 is 10.6 Å². The molecule has 2 aromatic heterocycles. The molecule has 3 aromatic rings. The Morgan fingerprint density at radius 1 is 1.35 bits per heavy atom. The highest BCUT2D eigenvalue weighted by Crippen LogP contribution is 2.17. The van der Waals surface area contributed by atoms with Gasteiger partial charge in [0.05, 0.1) is 18.3 Å². The van der Waals surface area contributed by atoms with Crippen molar-refractivity contribution < 1.29 is 0 Å². The molecular formula is C19H24N6S. The fourth-order valence-corrected chi connectivity index (χ4v) is 3.40. The zero-order valence-corrected chi connectivity index (χ0v) is 16.1. The average molecular weight is 369 g/mol. The molecule has 1 aromatic carbocycles. The zero-order valence-electron chi connectivity index (χ0n) is 15.3. The maximum absolute atomic E-state index is 4.43. The van der Waals surface area contributed by atoms with Crippen molar-refractivity contribution in [1.82, 2.24) is 25.4 Å². The van der Waals surface area contributed by atoms with E-state index in [0.717, 1.165) is 23.1 Å². The number of nitrogens with zero attached hydrogens (tertiary/aromatic N) is 4. The predicted molar refractivity (Wildman–Crippen MR) is 107 cm³/mol. The van der Waals surface area contributed by atoms with Crippen LogP contribution in [0.4, 0.5) is 0 Å². The number of aromatic nitrogens is 3. The van der Waals surface area contributed by atoms with Gasteiger partial charge in [0.15, 0.2) is 5.96 Å². The summed E-state index contributed by atoms with van der Waals surface area (Å²) in [5, 5.41) is 12.1. The lowest BCUT2D eigenvalue weighted by Gasteiger charge is -2.18. The van der Waals surface area contributed by atoms with Crippen LogP contribution in [-0.2, 0) is 13.0 Å². The first-order valence-corrected chi connectivity index (χ1v) is 9.52. The lowest BCUT2D eigenvalue weighted by molar-refractivity contribution is 0.683. The summed E-state index contributed by atoms with van der Waals surface area (Å²) in [5.41, 5.74) is 2.21. The second-order valence-electron chi connectivity index (χ2n) is 5.91. The van der Waals surface area contributed by atoms with Crippen LogP contribution < -0.4 is 10.6 Å². The third kappa shape index (κ3) is 4.49. The van der Waals surface area contributed by atoms with E-state index in [2.05, 4.69) is 51.7 Å². The highest BCUT2D eigenvalue weighted by atomic mass is 32.1. The van der Waals surface area contributed by atoms with Gasteiger partial charge in [0, 0.05) is 30.5 Å². The van der Waals surface area contributed by atoms with E-state index in [-0.39, 0.29) is 6.04 Å². The van der Waals surface area contributed by atoms with Crippen molar-refractivity contribution in [2.45, 2.75) is 32.9 Å². The molecule has 0 fully saturated rings. The van der Waals surface area contributed by atoms with Gasteiger partial charge in [0.2, 0.25) is 0 Å². The zero-order chi connectivity index (χ0) is 18.4. The van der Waals surface area contributed by atoms with Crippen LogP contribution in [0.1, 0.15) is 35.3 Å². The van der Waals surface area contributed by atoms with E-state index in [1.165, 1.54) is 10.4 Å².